The van der Waals surface area contributed by atoms with Gasteiger partial charge >= 0.3 is 26.2 Å². The van der Waals surface area contributed by atoms with Crippen LogP contribution in [0.4, 0.5) is 0 Å². The van der Waals surface area contributed by atoms with Gasteiger partial charge in [0, 0.05) is 17.7 Å². The van der Waals surface area contributed by atoms with Gasteiger partial charge in [-0.15, -0.1) is 0 Å². The first-order valence-corrected chi connectivity index (χ1v) is 11.6. The van der Waals surface area contributed by atoms with Crippen LogP contribution >= 0.6 is 9.89 Å². The zero-order chi connectivity index (χ0) is 13.6. The van der Waals surface area contributed by atoms with Gasteiger partial charge in [0.1, 0.15) is 0 Å². The minimum absolute atomic E-state index is 0. The van der Waals surface area contributed by atoms with E-state index in [0.717, 1.165) is 17.6 Å². The van der Waals surface area contributed by atoms with Crippen LogP contribution in [0.5, 0.6) is 0 Å². The maximum atomic E-state index is 2.49. The van der Waals surface area contributed by atoms with E-state index >= 15 is 0 Å². The standard InChI is InChI=1S/C17H22SSi.2ClH.Zr/c1-12(2)17-16(13-8-5-6-9-13)14-10-7-11-15(14)18(17)19(3)4;;;/h5-8,10-12,17H,9H2,1-4H3;2*1H;/q;;;+2/p-2. The largest absolute Gasteiger partial charge is 2.00 e. The van der Waals surface area contributed by atoms with Crippen molar-refractivity contribution in [3.8, 4) is 0 Å². The molecule has 3 rings (SSSR count). The van der Waals surface area contributed by atoms with Crippen LogP contribution in [0.2, 0.25) is 13.1 Å². The Morgan fingerprint density at radius 2 is 1.82 bits per heavy atom. The van der Waals surface area contributed by atoms with Crippen molar-refractivity contribution in [1.29, 1.82) is 0 Å². The van der Waals surface area contributed by atoms with Crippen molar-refractivity contribution >= 4 is 17.4 Å². The first-order valence-electron chi connectivity index (χ1n) is 7.13. The van der Waals surface area contributed by atoms with Crippen molar-refractivity contribution in [2.45, 2.75) is 38.6 Å². The molecule has 0 aromatic heterocycles. The molecule has 2 aliphatic carbocycles. The molecule has 1 aliphatic heterocycles. The third-order valence-corrected chi connectivity index (χ3v) is 11.1. The number of hydrogen-bond donors (Lipinski definition) is 0. The summed E-state index contributed by atoms with van der Waals surface area (Å²) in [5, 5.41) is 0.765. The summed E-state index contributed by atoms with van der Waals surface area (Å²) in [6.07, 6.45) is 15.0. The molecule has 0 aromatic rings. The molecule has 0 spiro atoms. The molecular formula is C17H22Cl2SSiZr. The summed E-state index contributed by atoms with van der Waals surface area (Å²) in [5.41, 5.74) is 4.82. The van der Waals surface area contributed by atoms with Gasteiger partial charge in [-0.25, -0.2) is 0 Å². The van der Waals surface area contributed by atoms with Crippen LogP contribution in [-0.2, 0) is 26.2 Å². The quantitative estimate of drug-likeness (QED) is 0.485. The molecule has 0 saturated heterocycles. The molecule has 0 amide bonds. The Morgan fingerprint density at radius 3 is 2.32 bits per heavy atom. The fourth-order valence-electron chi connectivity index (χ4n) is 3.31. The Bertz CT molecular complexity index is 621. The Labute approximate surface area is 169 Å². The molecule has 0 nitrogen and oxygen atoms in total. The van der Waals surface area contributed by atoms with E-state index in [9.17, 15) is 0 Å². The van der Waals surface area contributed by atoms with Crippen molar-refractivity contribution in [3.63, 3.8) is 0 Å². The van der Waals surface area contributed by atoms with E-state index < -0.39 is 0 Å². The molecule has 0 N–H and O–H groups in total. The molecule has 0 saturated carbocycles. The third-order valence-electron chi connectivity index (χ3n) is 4.00. The van der Waals surface area contributed by atoms with Gasteiger partial charge in [0.2, 0.25) is 0 Å². The van der Waals surface area contributed by atoms with Gasteiger partial charge < -0.3 is 24.8 Å². The SMILES string of the molecule is CC(C)C1C(C2=CC=CC2)=C2C=CC=C2S1=[Si](C)C.[Cl-].[Cl-].[Zr+2]. The molecule has 0 radical (unpaired) electrons. The average molecular weight is 449 g/mol. The van der Waals surface area contributed by atoms with Crippen LogP contribution in [0.1, 0.15) is 20.3 Å². The molecular weight excluding hydrogens is 426 g/mol. The molecule has 3 aliphatic rings. The summed E-state index contributed by atoms with van der Waals surface area (Å²) in [6, 6.07) is 0. The van der Waals surface area contributed by atoms with Crippen molar-refractivity contribution in [2.75, 3.05) is 0 Å². The molecule has 1 heterocycles. The van der Waals surface area contributed by atoms with Crippen LogP contribution in [0.15, 0.2) is 58.1 Å². The zero-order valence-electron chi connectivity index (χ0n) is 13.5. The van der Waals surface area contributed by atoms with Gasteiger partial charge in [0.15, 0.2) is 0 Å². The summed E-state index contributed by atoms with van der Waals surface area (Å²) in [6.45, 7) is 9.79. The first-order chi connectivity index (χ1) is 9.11. The van der Waals surface area contributed by atoms with Gasteiger partial charge in [-0.2, -0.15) is 9.89 Å². The van der Waals surface area contributed by atoms with Crippen LogP contribution < -0.4 is 24.8 Å². The normalized spacial score (nSPS) is 24.4. The summed E-state index contributed by atoms with van der Waals surface area (Å²) in [4.78, 5) is 1.67. The van der Waals surface area contributed by atoms with E-state index in [0.29, 0.717) is 9.89 Å². The molecule has 2 atom stereocenters. The van der Waals surface area contributed by atoms with Crippen molar-refractivity contribution < 1.29 is 51.0 Å². The Morgan fingerprint density at radius 1 is 1.14 bits per heavy atom. The van der Waals surface area contributed by atoms with Gasteiger partial charge in [-0.1, -0.05) is 57.3 Å². The molecule has 0 fully saturated rings. The van der Waals surface area contributed by atoms with E-state index in [-0.39, 0.29) is 58.5 Å². The minimum atomic E-state index is -0.289. The van der Waals surface area contributed by atoms with E-state index in [1.807, 2.05) is 0 Å². The monoisotopic (exact) mass is 446 g/mol. The van der Waals surface area contributed by atoms with Gasteiger partial charge in [-0.3, -0.25) is 0 Å². The van der Waals surface area contributed by atoms with E-state index in [1.54, 1.807) is 21.6 Å². The average Bonchev–Trinajstić information content (AvgIpc) is 3.03. The number of halogens is 2. The van der Waals surface area contributed by atoms with Crippen molar-refractivity contribution in [2.24, 2.45) is 5.92 Å². The molecule has 0 aromatic carbocycles. The molecule has 2 unspecified atom stereocenters. The third kappa shape index (κ3) is 3.86. The Kier molecular flexibility index (Phi) is 9.58. The van der Waals surface area contributed by atoms with Gasteiger partial charge in [0.25, 0.3) is 0 Å². The van der Waals surface area contributed by atoms with Crippen molar-refractivity contribution in [1.82, 2.24) is 0 Å². The van der Waals surface area contributed by atoms with E-state index in [2.05, 4.69) is 63.4 Å². The Hall–Kier alpha value is 0.730. The van der Waals surface area contributed by atoms with Crippen LogP contribution in [-0.4, -0.2) is 12.8 Å². The molecule has 118 valence electrons. The van der Waals surface area contributed by atoms with Crippen LogP contribution in [0.25, 0.3) is 0 Å². The number of hydrogen-bond acceptors (Lipinski definition) is 0. The van der Waals surface area contributed by atoms with E-state index in [4.69, 9.17) is 0 Å². The number of allylic oxidation sites excluding steroid dienone is 8. The molecule has 5 heteroatoms. The maximum Gasteiger partial charge on any atom is 2.00 e. The van der Waals surface area contributed by atoms with Crippen molar-refractivity contribution in [3.05, 3.63) is 58.1 Å². The summed E-state index contributed by atoms with van der Waals surface area (Å²) < 4.78 is 0. The summed E-state index contributed by atoms with van der Waals surface area (Å²) >= 11 is 0. The zero-order valence-corrected chi connectivity index (χ0v) is 19.3. The predicted octanol–water partition coefficient (Wildman–Crippen LogP) is -0.813. The second-order valence-corrected chi connectivity index (χ2v) is 13.2. The number of fused-ring (bicyclic) bond motifs is 1. The molecule has 22 heavy (non-hydrogen) atoms. The second kappa shape index (κ2) is 9.28. The van der Waals surface area contributed by atoms with Gasteiger partial charge in [0.05, 0.1) is 0 Å². The topological polar surface area (TPSA) is 0 Å². The maximum absolute atomic E-state index is 2.49. The second-order valence-electron chi connectivity index (χ2n) is 5.95. The van der Waals surface area contributed by atoms with Gasteiger partial charge in [-0.05, 0) is 35.1 Å². The predicted molar refractivity (Wildman–Crippen MR) is 89.8 cm³/mol. The molecule has 0 bridgehead atoms. The first kappa shape index (κ1) is 22.7. The summed E-state index contributed by atoms with van der Waals surface area (Å²) in [7, 11) is 0.190. The summed E-state index contributed by atoms with van der Waals surface area (Å²) in [5.74, 6) is 0.743. The minimum Gasteiger partial charge on any atom is -1.00 e. The fourth-order valence-corrected chi connectivity index (χ4v) is 10.8. The van der Waals surface area contributed by atoms with E-state index in [1.165, 1.54) is 0 Å². The Balaban J connectivity index is 0.00000147. The fraction of sp³-hybridized carbons (Fsp3) is 0.412. The van der Waals surface area contributed by atoms with Crippen LogP contribution in [0.3, 0.4) is 0 Å². The number of rotatable bonds is 2. The smallest absolute Gasteiger partial charge is 1.00 e. The van der Waals surface area contributed by atoms with Crippen LogP contribution in [0, 0.1) is 5.92 Å².